The lowest BCUT2D eigenvalue weighted by atomic mass is 9.96. The molecule has 0 aliphatic carbocycles. The van der Waals surface area contributed by atoms with Crippen LogP contribution in [0.25, 0.3) is 120 Å². The van der Waals surface area contributed by atoms with Gasteiger partial charge in [0.15, 0.2) is 11.4 Å². The highest BCUT2D eigenvalue weighted by Crippen LogP contribution is 2.45. The number of halogens is 3. The summed E-state index contributed by atoms with van der Waals surface area (Å²) in [7, 11) is 0. The van der Waals surface area contributed by atoms with Crippen LogP contribution in [-0.4, -0.2) is 9.13 Å². The summed E-state index contributed by atoms with van der Waals surface area (Å²) in [6.45, 7) is 17.2. The van der Waals surface area contributed by atoms with E-state index in [0.717, 1.165) is 78.2 Å². The van der Waals surface area contributed by atoms with E-state index in [1.54, 1.807) is 49.4 Å². The minimum atomic E-state index is -4.67. The number of nitrogens with zero attached hydrogens (tertiary/aromatic N) is 7. The zero-order valence-electron chi connectivity index (χ0n) is 40.8. The molecular formula is C67H36F3N7. The van der Waals surface area contributed by atoms with Gasteiger partial charge in [-0.3, -0.25) is 0 Å². The lowest BCUT2D eigenvalue weighted by Crippen LogP contribution is -2.07. The van der Waals surface area contributed by atoms with Gasteiger partial charge < -0.3 is 9.13 Å². The third-order valence-electron chi connectivity index (χ3n) is 14.2. The molecule has 0 saturated heterocycles. The summed E-state index contributed by atoms with van der Waals surface area (Å²) in [4.78, 5) is 7.38. The molecule has 12 rings (SSSR count). The van der Waals surface area contributed by atoms with E-state index >= 15 is 0 Å². The molecule has 0 aliphatic heterocycles. The monoisotopic (exact) mass is 995 g/mol. The summed E-state index contributed by atoms with van der Waals surface area (Å²) in [5, 5.41) is 35.1. The molecule has 0 amide bonds. The summed E-state index contributed by atoms with van der Waals surface area (Å²) in [6.07, 6.45) is -4.67. The summed E-state index contributed by atoms with van der Waals surface area (Å²) < 4.78 is 48.6. The Morgan fingerprint density at radius 1 is 0.390 bits per heavy atom. The fraction of sp³-hybridized carbons (Fsp3) is 0.0299. The van der Waals surface area contributed by atoms with Crippen LogP contribution >= 0.6 is 0 Å². The summed E-state index contributed by atoms with van der Waals surface area (Å²) in [5.74, 6) is 0. The van der Waals surface area contributed by atoms with Gasteiger partial charge in [-0.25, -0.2) is 9.69 Å². The number of fused-ring (bicyclic) bond motifs is 6. The average Bonchev–Trinajstić information content (AvgIpc) is 4.21. The van der Waals surface area contributed by atoms with Crippen molar-refractivity contribution in [2.75, 3.05) is 0 Å². The van der Waals surface area contributed by atoms with Crippen LogP contribution in [0.2, 0.25) is 0 Å². The maximum absolute atomic E-state index is 14.9. The number of alkyl halides is 3. The van der Waals surface area contributed by atoms with Crippen LogP contribution in [0.5, 0.6) is 0 Å². The molecule has 0 aliphatic rings. The summed E-state index contributed by atoms with van der Waals surface area (Å²) >= 11 is 0. The maximum Gasteiger partial charge on any atom is 0.416 e. The second kappa shape index (κ2) is 18.5. The van der Waals surface area contributed by atoms with Gasteiger partial charge in [0.25, 0.3) is 0 Å². The minimum Gasteiger partial charge on any atom is -0.308 e. The van der Waals surface area contributed by atoms with Crippen molar-refractivity contribution in [3.63, 3.8) is 0 Å². The molecule has 0 N–H and O–H groups in total. The van der Waals surface area contributed by atoms with Crippen molar-refractivity contribution in [1.82, 2.24) is 9.13 Å². The highest BCUT2D eigenvalue weighted by atomic mass is 19.4. The Kier molecular flexibility index (Phi) is 11.3. The van der Waals surface area contributed by atoms with Gasteiger partial charge in [-0.15, -0.1) is 0 Å². The van der Waals surface area contributed by atoms with Crippen molar-refractivity contribution in [3.8, 4) is 85.2 Å². The number of nitriles is 3. The summed E-state index contributed by atoms with van der Waals surface area (Å²) in [6, 6.07) is 67.9. The highest BCUT2D eigenvalue weighted by Gasteiger charge is 2.32. The predicted octanol–water partition coefficient (Wildman–Crippen LogP) is 18.3. The SMILES string of the molecule is [C-]#[N+]c1cccc(-c2ccc3c4ccc(-c5cccc([N+]#[C-])c5)cc4n(-c4cc(-c5cc(C)cc(C(F)(F)F)c5)cc(-n5c6cc(-c7cccc(C#N)c7)ccc6c6ccc(-c7cccc(C#N)c7)cc65)c4C#N)c3c2)c1. The quantitative estimate of drug-likeness (QED) is 0.149. The Morgan fingerprint density at radius 3 is 1.12 bits per heavy atom. The van der Waals surface area contributed by atoms with E-state index in [-0.39, 0.29) is 11.1 Å². The fourth-order valence-corrected chi connectivity index (χ4v) is 10.7. The van der Waals surface area contributed by atoms with Crippen LogP contribution in [0.3, 0.4) is 0 Å². The predicted molar refractivity (Wildman–Crippen MR) is 299 cm³/mol. The van der Waals surface area contributed by atoms with Crippen LogP contribution in [0.4, 0.5) is 24.5 Å². The van der Waals surface area contributed by atoms with Crippen LogP contribution in [0.15, 0.2) is 200 Å². The van der Waals surface area contributed by atoms with Crippen molar-refractivity contribution in [2.24, 2.45) is 0 Å². The normalized spacial score (nSPS) is 11.3. The first-order valence-electron chi connectivity index (χ1n) is 24.3. The van der Waals surface area contributed by atoms with E-state index in [9.17, 15) is 29.0 Å². The number of rotatable bonds is 7. The smallest absolute Gasteiger partial charge is 0.308 e. The molecule has 7 nitrogen and oxygen atoms in total. The average molecular weight is 996 g/mol. The zero-order chi connectivity index (χ0) is 53.1. The number of benzene rings is 10. The Morgan fingerprint density at radius 2 is 0.753 bits per heavy atom. The molecule has 0 saturated carbocycles. The molecule has 2 aromatic heterocycles. The van der Waals surface area contributed by atoms with Gasteiger partial charge in [0.05, 0.1) is 75.4 Å². The van der Waals surface area contributed by atoms with E-state index in [0.29, 0.717) is 67.1 Å². The molecule has 0 bridgehead atoms. The Hall–Kier alpha value is -11.0. The second-order valence-electron chi connectivity index (χ2n) is 18.9. The first-order valence-corrected chi connectivity index (χ1v) is 24.3. The molecule has 360 valence electrons. The molecular weight excluding hydrogens is 960 g/mol. The number of hydrogen-bond donors (Lipinski definition) is 0. The van der Waals surface area contributed by atoms with Crippen molar-refractivity contribution < 1.29 is 13.2 Å². The molecule has 2 heterocycles. The second-order valence-corrected chi connectivity index (χ2v) is 18.9. The minimum absolute atomic E-state index is 0.213. The third kappa shape index (κ3) is 8.25. The number of hydrogen-bond acceptors (Lipinski definition) is 3. The largest absolute Gasteiger partial charge is 0.416 e. The molecule has 0 fully saturated rings. The van der Waals surface area contributed by atoms with Crippen molar-refractivity contribution in [2.45, 2.75) is 13.1 Å². The van der Waals surface area contributed by atoms with Gasteiger partial charge in [-0.05, 0) is 153 Å². The fourth-order valence-electron chi connectivity index (χ4n) is 10.7. The Balaban J connectivity index is 1.25. The number of aromatic nitrogens is 2. The van der Waals surface area contributed by atoms with Crippen LogP contribution < -0.4 is 0 Å². The zero-order valence-corrected chi connectivity index (χ0v) is 40.8. The maximum atomic E-state index is 14.9. The van der Waals surface area contributed by atoms with Gasteiger partial charge in [-0.1, -0.05) is 115 Å². The lowest BCUT2D eigenvalue weighted by molar-refractivity contribution is -0.137. The first kappa shape index (κ1) is 47.1. The molecule has 0 radical (unpaired) electrons. The first-order chi connectivity index (χ1) is 37.4. The van der Waals surface area contributed by atoms with Gasteiger partial charge in [0.2, 0.25) is 0 Å². The standard InChI is InChI=1S/C67H36F3N7/c1-40-24-51(28-53(25-40)67(68,69)70)52-35-65(76-61-31-47(43-10-4-8-41(26-43)37-71)16-20-56(61)57-21-17-48(32-62(57)76)44-11-5-9-42(27-44)38-72)60(39-73)66(36-52)77-63-33-49(45-12-6-14-54(29-45)74-2)18-22-58(63)59-23-19-50(34-64(59)77)46-13-7-15-55(30-46)75-3/h4-36H,1H3. The van der Waals surface area contributed by atoms with Crippen LogP contribution in [-0.2, 0) is 6.18 Å². The number of aryl methyl sites for hydroxylation is 1. The van der Waals surface area contributed by atoms with E-state index in [2.05, 4.69) is 27.9 Å². The molecule has 0 unspecified atom stereocenters. The topological polar surface area (TPSA) is 89.9 Å². The van der Waals surface area contributed by atoms with Crippen molar-refractivity contribution >= 4 is 55.0 Å². The van der Waals surface area contributed by atoms with E-state index < -0.39 is 11.7 Å². The van der Waals surface area contributed by atoms with Gasteiger partial charge in [-0.2, -0.15) is 29.0 Å². The van der Waals surface area contributed by atoms with Gasteiger partial charge in [0.1, 0.15) is 11.6 Å². The molecule has 77 heavy (non-hydrogen) atoms. The highest BCUT2D eigenvalue weighted by molar-refractivity contribution is 6.13. The Bertz CT molecular complexity index is 4220. The molecule has 10 aromatic carbocycles. The van der Waals surface area contributed by atoms with E-state index in [1.807, 2.05) is 155 Å². The van der Waals surface area contributed by atoms with Crippen LogP contribution in [0.1, 0.15) is 27.8 Å². The molecule has 0 atom stereocenters. The molecule has 0 spiro atoms. The van der Waals surface area contributed by atoms with E-state index in [4.69, 9.17) is 13.1 Å². The van der Waals surface area contributed by atoms with E-state index in [1.165, 1.54) is 0 Å². The molecule has 10 heteroatoms. The van der Waals surface area contributed by atoms with Gasteiger partial charge in [0, 0.05) is 21.5 Å². The van der Waals surface area contributed by atoms with Crippen molar-refractivity contribution in [3.05, 3.63) is 251 Å². The van der Waals surface area contributed by atoms with Gasteiger partial charge >= 0.3 is 6.18 Å². The van der Waals surface area contributed by atoms with Crippen LogP contribution in [0, 0.1) is 54.1 Å². The summed E-state index contributed by atoms with van der Waals surface area (Å²) in [5.41, 5.74) is 12.2. The Labute approximate surface area is 440 Å². The lowest BCUT2D eigenvalue weighted by Gasteiger charge is -2.20. The van der Waals surface area contributed by atoms with Crippen molar-refractivity contribution in [1.29, 1.82) is 15.8 Å². The molecule has 12 aromatic rings. The third-order valence-corrected chi connectivity index (χ3v) is 14.2.